The lowest BCUT2D eigenvalue weighted by Crippen LogP contribution is -2.37. The molecule has 0 bridgehead atoms. The minimum absolute atomic E-state index is 0.0101. The van der Waals surface area contributed by atoms with Crippen LogP contribution in [0.3, 0.4) is 0 Å². The van der Waals surface area contributed by atoms with Crippen LogP contribution in [0.2, 0.25) is 0 Å². The second-order valence-corrected chi connectivity index (χ2v) is 7.44. The molecule has 1 heterocycles. The summed E-state index contributed by atoms with van der Waals surface area (Å²) in [6.45, 7) is 5.94. The summed E-state index contributed by atoms with van der Waals surface area (Å²) in [4.78, 5) is 14.1. The smallest absolute Gasteiger partial charge is 0.260 e. The van der Waals surface area contributed by atoms with Gasteiger partial charge in [0.05, 0.1) is 5.56 Å². The molecule has 1 fully saturated rings. The van der Waals surface area contributed by atoms with Crippen molar-refractivity contribution in [2.75, 3.05) is 25.4 Å². The van der Waals surface area contributed by atoms with E-state index in [9.17, 15) is 4.79 Å². The van der Waals surface area contributed by atoms with E-state index < -0.39 is 0 Å². The Kier molecular flexibility index (Phi) is 5.13. The maximum Gasteiger partial charge on any atom is 0.260 e. The largest absolute Gasteiger partial charge is 0.482 e. The highest BCUT2D eigenvalue weighted by molar-refractivity contribution is 8.00. The zero-order chi connectivity index (χ0) is 15.3. The van der Waals surface area contributed by atoms with Crippen molar-refractivity contribution in [2.45, 2.75) is 25.0 Å². The summed E-state index contributed by atoms with van der Waals surface area (Å²) < 4.78 is 5.74. The lowest BCUT2D eigenvalue weighted by atomic mass is 10.1. The molecule has 0 unspecified atom stereocenters. The van der Waals surface area contributed by atoms with E-state index in [-0.39, 0.29) is 17.3 Å². The molecule has 1 aliphatic heterocycles. The van der Waals surface area contributed by atoms with Crippen molar-refractivity contribution in [3.63, 3.8) is 0 Å². The predicted molar refractivity (Wildman–Crippen MR) is 84.4 cm³/mol. The highest BCUT2D eigenvalue weighted by Crippen LogP contribution is 2.30. The molecule has 2 rings (SSSR count). The van der Waals surface area contributed by atoms with Gasteiger partial charge in [0.1, 0.15) is 11.8 Å². The van der Waals surface area contributed by atoms with Crippen molar-refractivity contribution in [3.8, 4) is 11.8 Å². The van der Waals surface area contributed by atoms with Crippen molar-refractivity contribution in [1.82, 2.24) is 4.90 Å². The third-order valence-electron chi connectivity index (χ3n) is 3.55. The number of ether oxygens (including phenoxy) is 1. The van der Waals surface area contributed by atoms with Gasteiger partial charge in [0.25, 0.3) is 5.91 Å². The molecule has 0 aliphatic carbocycles. The maximum atomic E-state index is 12.2. The van der Waals surface area contributed by atoms with Gasteiger partial charge >= 0.3 is 0 Å². The average molecular weight is 304 g/mol. The molecule has 0 atom stereocenters. The topological polar surface area (TPSA) is 53.3 Å². The van der Waals surface area contributed by atoms with Gasteiger partial charge in [-0.2, -0.15) is 17.0 Å². The van der Waals surface area contributed by atoms with Gasteiger partial charge in [-0.1, -0.05) is 26.0 Å². The number of hydrogen-bond donors (Lipinski definition) is 0. The van der Waals surface area contributed by atoms with E-state index in [2.05, 4.69) is 19.9 Å². The molecule has 0 spiro atoms. The number of carbonyl (C=O) groups is 1. The SMILES string of the molecule is CC1(C)CCN(C(=O)COc2ccccc2C#N)CCS1. The minimum Gasteiger partial charge on any atom is -0.482 e. The van der Waals surface area contributed by atoms with Crippen LogP contribution in [-0.4, -0.2) is 41.0 Å². The number of hydrogen-bond acceptors (Lipinski definition) is 4. The third-order valence-corrected chi connectivity index (χ3v) is 4.92. The summed E-state index contributed by atoms with van der Waals surface area (Å²) in [5.41, 5.74) is 0.456. The third kappa shape index (κ3) is 4.40. The Hall–Kier alpha value is -1.67. The van der Waals surface area contributed by atoms with Gasteiger partial charge in [-0.25, -0.2) is 0 Å². The van der Waals surface area contributed by atoms with Crippen molar-refractivity contribution in [3.05, 3.63) is 29.8 Å². The molecule has 1 aromatic carbocycles. The van der Waals surface area contributed by atoms with E-state index in [0.29, 0.717) is 11.3 Å². The molecule has 1 amide bonds. The Morgan fingerprint density at radius 1 is 1.43 bits per heavy atom. The molecule has 0 aromatic heterocycles. The fourth-order valence-electron chi connectivity index (χ4n) is 2.19. The van der Waals surface area contributed by atoms with Gasteiger partial charge in [-0.15, -0.1) is 0 Å². The van der Waals surface area contributed by atoms with Crippen LogP contribution in [-0.2, 0) is 4.79 Å². The minimum atomic E-state index is -0.0129. The lowest BCUT2D eigenvalue weighted by Gasteiger charge is -2.22. The van der Waals surface area contributed by atoms with Gasteiger partial charge < -0.3 is 9.64 Å². The summed E-state index contributed by atoms with van der Waals surface area (Å²) in [5.74, 6) is 1.41. The summed E-state index contributed by atoms with van der Waals surface area (Å²) in [7, 11) is 0. The Morgan fingerprint density at radius 3 is 2.95 bits per heavy atom. The van der Waals surface area contributed by atoms with E-state index in [1.165, 1.54) is 0 Å². The molecule has 112 valence electrons. The van der Waals surface area contributed by atoms with E-state index in [1.54, 1.807) is 24.3 Å². The van der Waals surface area contributed by atoms with Crippen molar-refractivity contribution in [2.24, 2.45) is 0 Å². The molecule has 1 aromatic rings. The summed E-state index contributed by atoms with van der Waals surface area (Å²) in [5, 5.41) is 9.00. The molecular weight excluding hydrogens is 284 g/mol. The number of benzene rings is 1. The lowest BCUT2D eigenvalue weighted by molar-refractivity contribution is -0.133. The van der Waals surface area contributed by atoms with Gasteiger partial charge in [0.15, 0.2) is 6.61 Å². The number of para-hydroxylation sites is 1. The molecule has 4 nitrogen and oxygen atoms in total. The van der Waals surface area contributed by atoms with Crippen molar-refractivity contribution in [1.29, 1.82) is 5.26 Å². The van der Waals surface area contributed by atoms with Crippen LogP contribution in [0.4, 0.5) is 0 Å². The van der Waals surface area contributed by atoms with Crippen LogP contribution in [0.1, 0.15) is 25.8 Å². The first kappa shape index (κ1) is 15.7. The Balaban J connectivity index is 1.91. The van der Waals surface area contributed by atoms with Crippen molar-refractivity contribution >= 4 is 17.7 Å². The van der Waals surface area contributed by atoms with E-state index in [4.69, 9.17) is 10.00 Å². The molecule has 1 saturated heterocycles. The van der Waals surface area contributed by atoms with Crippen LogP contribution in [0.5, 0.6) is 5.75 Å². The van der Waals surface area contributed by atoms with E-state index >= 15 is 0 Å². The number of thioether (sulfide) groups is 1. The first-order chi connectivity index (χ1) is 10.0. The van der Waals surface area contributed by atoms with Gasteiger partial charge in [0.2, 0.25) is 0 Å². The van der Waals surface area contributed by atoms with Gasteiger partial charge in [-0.3, -0.25) is 4.79 Å². The molecule has 1 aliphatic rings. The quantitative estimate of drug-likeness (QED) is 0.861. The van der Waals surface area contributed by atoms with Crippen LogP contribution in [0.25, 0.3) is 0 Å². The van der Waals surface area contributed by atoms with E-state index in [1.807, 2.05) is 16.7 Å². The maximum absolute atomic E-state index is 12.2. The average Bonchev–Trinajstić information content (AvgIpc) is 2.66. The summed E-state index contributed by atoms with van der Waals surface area (Å²) in [6.07, 6.45) is 0.984. The Labute approximate surface area is 130 Å². The number of rotatable bonds is 3. The fraction of sp³-hybridized carbons (Fsp3) is 0.500. The molecule has 5 heteroatoms. The second kappa shape index (κ2) is 6.86. The first-order valence-corrected chi connectivity index (χ1v) is 8.04. The fourth-order valence-corrected chi connectivity index (χ4v) is 3.29. The molecule has 0 radical (unpaired) electrons. The number of nitriles is 1. The number of carbonyl (C=O) groups excluding carboxylic acids is 1. The zero-order valence-electron chi connectivity index (χ0n) is 12.5. The number of amides is 1. The molecule has 0 saturated carbocycles. The highest BCUT2D eigenvalue weighted by Gasteiger charge is 2.26. The molecule has 0 N–H and O–H groups in total. The Morgan fingerprint density at radius 2 is 2.19 bits per heavy atom. The van der Waals surface area contributed by atoms with Gasteiger partial charge in [0, 0.05) is 23.6 Å². The van der Waals surface area contributed by atoms with E-state index in [0.717, 1.165) is 25.3 Å². The highest BCUT2D eigenvalue weighted by atomic mass is 32.2. The number of nitrogens with zero attached hydrogens (tertiary/aromatic N) is 2. The van der Waals surface area contributed by atoms with Crippen LogP contribution in [0.15, 0.2) is 24.3 Å². The monoisotopic (exact) mass is 304 g/mol. The van der Waals surface area contributed by atoms with Gasteiger partial charge in [-0.05, 0) is 18.6 Å². The Bertz CT molecular complexity index is 551. The first-order valence-electron chi connectivity index (χ1n) is 7.05. The zero-order valence-corrected chi connectivity index (χ0v) is 13.3. The second-order valence-electron chi connectivity index (χ2n) is 5.64. The normalized spacial score (nSPS) is 17.7. The van der Waals surface area contributed by atoms with Crippen LogP contribution in [0, 0.1) is 11.3 Å². The molecule has 21 heavy (non-hydrogen) atoms. The van der Waals surface area contributed by atoms with Crippen molar-refractivity contribution < 1.29 is 9.53 Å². The predicted octanol–water partition coefficient (Wildman–Crippen LogP) is 2.68. The van der Waals surface area contributed by atoms with Crippen LogP contribution >= 0.6 is 11.8 Å². The van der Waals surface area contributed by atoms with Crippen LogP contribution < -0.4 is 4.74 Å². The molecular formula is C16H20N2O2S. The summed E-state index contributed by atoms with van der Waals surface area (Å²) >= 11 is 1.91. The summed E-state index contributed by atoms with van der Waals surface area (Å²) in [6, 6.07) is 9.04. The standard InChI is InChI=1S/C16H20N2O2S/c1-16(2)7-8-18(9-10-21-16)15(19)12-20-14-6-4-3-5-13(14)11-17/h3-6H,7-10,12H2,1-2H3.